The molecule has 0 saturated carbocycles. The molecule has 0 aliphatic carbocycles. The van der Waals surface area contributed by atoms with Crippen molar-refractivity contribution in [3.63, 3.8) is 0 Å². The maximum Gasteiger partial charge on any atom is 0.328 e. The van der Waals surface area contributed by atoms with Gasteiger partial charge in [-0.15, -0.1) is 0 Å². The number of carbonyl (C=O) groups is 4. The molecule has 12 nitrogen and oxygen atoms in total. The largest absolute Gasteiger partial charge is 0.493 e. The summed E-state index contributed by atoms with van der Waals surface area (Å²) >= 11 is 0. The number of aromatic hydroxyl groups is 1. The molecule has 0 bridgehead atoms. The lowest BCUT2D eigenvalue weighted by molar-refractivity contribution is -0.144. The Morgan fingerprint density at radius 2 is 1.76 bits per heavy atom. The Labute approximate surface area is 234 Å². The molecule has 0 saturated heterocycles. The minimum Gasteiger partial charge on any atom is -0.493 e. The Hall–Kier alpha value is -5.12. The summed E-state index contributed by atoms with van der Waals surface area (Å²) < 4.78 is 24.0. The number of nitrogens with zero attached hydrogens (tertiary/aromatic N) is 3. The first kappa shape index (κ1) is 30.4. The Kier molecular flexibility index (Phi) is 9.51. The van der Waals surface area contributed by atoms with Gasteiger partial charge in [-0.1, -0.05) is 32.6 Å². The van der Waals surface area contributed by atoms with Crippen molar-refractivity contribution >= 4 is 40.7 Å². The number of esters is 2. The second-order valence-corrected chi connectivity index (χ2v) is 9.78. The molecule has 214 valence electrons. The van der Waals surface area contributed by atoms with Crippen molar-refractivity contribution in [2.24, 2.45) is 5.41 Å². The minimum absolute atomic E-state index is 0.0937. The zero-order valence-corrected chi connectivity index (χ0v) is 23.0. The molecule has 0 fully saturated rings. The van der Waals surface area contributed by atoms with Crippen LogP contribution < -0.4 is 10.6 Å². The van der Waals surface area contributed by atoms with Gasteiger partial charge in [-0.3, -0.25) is 19.7 Å². The van der Waals surface area contributed by atoms with Crippen molar-refractivity contribution in [2.45, 2.75) is 39.7 Å². The van der Waals surface area contributed by atoms with Crippen LogP contribution in [0.4, 0.5) is 10.3 Å². The number of halogens is 1. The van der Waals surface area contributed by atoms with Crippen molar-refractivity contribution in [1.82, 2.24) is 20.3 Å². The highest BCUT2D eigenvalue weighted by Gasteiger charge is 2.25. The van der Waals surface area contributed by atoms with Gasteiger partial charge in [0, 0.05) is 29.2 Å². The van der Waals surface area contributed by atoms with Gasteiger partial charge < -0.3 is 19.9 Å². The highest BCUT2D eigenvalue weighted by atomic mass is 19.1. The first-order valence-corrected chi connectivity index (χ1v) is 12.3. The van der Waals surface area contributed by atoms with Crippen LogP contribution in [0.3, 0.4) is 0 Å². The van der Waals surface area contributed by atoms with E-state index < -0.39 is 41.0 Å². The summed E-state index contributed by atoms with van der Waals surface area (Å²) in [7, 11) is 2.31. The van der Waals surface area contributed by atoms with Gasteiger partial charge in [0.25, 0.3) is 5.91 Å². The number of ether oxygens (including phenoxy) is 2. The second-order valence-electron chi connectivity index (χ2n) is 9.78. The fourth-order valence-corrected chi connectivity index (χ4v) is 3.32. The molecule has 3 rings (SSSR count). The number of fused-ring (bicyclic) bond motifs is 1. The van der Waals surface area contributed by atoms with Gasteiger partial charge in [-0.25, -0.2) is 14.2 Å². The molecular weight excluding hydrogens is 537 g/mol. The van der Waals surface area contributed by atoms with E-state index in [2.05, 4.69) is 46.9 Å². The standard InChI is InChI=1S/C28H28FN5O7/c1-28(2,3)26(39)34-27-32-22-18(24(37)33-27)12-16(14-30-22)7-6-15-8-9-17(19(29)13-15)23(36)31-20(25(38)41-5)10-11-21(35)40-4/h8-9,12-14,20H,10-11H2,1-5H3,(H,31,36)(H2,30,32,33,34,37,39)/t20-/m0/s1. The number of aromatic nitrogens is 3. The summed E-state index contributed by atoms with van der Waals surface area (Å²) in [5.74, 6) is 1.55. The predicted molar refractivity (Wildman–Crippen MR) is 144 cm³/mol. The summed E-state index contributed by atoms with van der Waals surface area (Å²) in [5.41, 5.74) is -0.317. The number of hydrogen-bond acceptors (Lipinski definition) is 10. The number of nitrogens with one attached hydrogen (secondary N) is 2. The number of benzene rings is 1. The van der Waals surface area contributed by atoms with E-state index in [0.29, 0.717) is 5.56 Å². The molecule has 0 aliphatic rings. The van der Waals surface area contributed by atoms with E-state index in [9.17, 15) is 28.7 Å². The number of pyridine rings is 1. The van der Waals surface area contributed by atoms with Crippen molar-refractivity contribution < 1.29 is 38.1 Å². The predicted octanol–water partition coefficient (Wildman–Crippen LogP) is 2.48. The monoisotopic (exact) mass is 565 g/mol. The Morgan fingerprint density at radius 1 is 1.05 bits per heavy atom. The van der Waals surface area contributed by atoms with Crippen LogP contribution >= 0.6 is 0 Å². The maximum atomic E-state index is 14.8. The average Bonchev–Trinajstić information content (AvgIpc) is 2.93. The lowest BCUT2D eigenvalue weighted by Crippen LogP contribution is -2.42. The van der Waals surface area contributed by atoms with E-state index in [1.807, 2.05) is 0 Å². The van der Waals surface area contributed by atoms with E-state index in [1.165, 1.54) is 31.5 Å². The van der Waals surface area contributed by atoms with Gasteiger partial charge in [-0.2, -0.15) is 9.97 Å². The number of carbonyl (C=O) groups excluding carboxylic acids is 4. The second kappa shape index (κ2) is 12.8. The van der Waals surface area contributed by atoms with Gasteiger partial charge in [-0.05, 0) is 30.7 Å². The Balaban J connectivity index is 1.77. The summed E-state index contributed by atoms with van der Waals surface area (Å²) in [6.07, 6.45) is 1.14. The molecule has 2 aromatic heterocycles. The number of amides is 2. The molecule has 3 aromatic rings. The highest BCUT2D eigenvalue weighted by Crippen LogP contribution is 2.23. The van der Waals surface area contributed by atoms with E-state index in [0.717, 1.165) is 13.2 Å². The number of rotatable bonds is 7. The molecular formula is C28H28FN5O7. The molecule has 3 N–H and O–H groups in total. The first-order chi connectivity index (χ1) is 19.3. The summed E-state index contributed by atoms with van der Waals surface area (Å²) in [4.78, 5) is 60.4. The average molecular weight is 566 g/mol. The van der Waals surface area contributed by atoms with E-state index >= 15 is 0 Å². The minimum atomic E-state index is -1.18. The van der Waals surface area contributed by atoms with Crippen LogP contribution in [0.1, 0.15) is 55.1 Å². The topological polar surface area (TPSA) is 170 Å². The molecule has 0 unspecified atom stereocenters. The van der Waals surface area contributed by atoms with Crippen molar-refractivity contribution in [1.29, 1.82) is 0 Å². The fraction of sp³-hybridized carbons (Fsp3) is 0.321. The van der Waals surface area contributed by atoms with Gasteiger partial charge in [0.1, 0.15) is 11.9 Å². The first-order valence-electron chi connectivity index (χ1n) is 12.3. The van der Waals surface area contributed by atoms with Crippen LogP contribution in [-0.4, -0.2) is 64.1 Å². The third kappa shape index (κ3) is 7.95. The van der Waals surface area contributed by atoms with Crippen molar-refractivity contribution in [2.75, 3.05) is 19.5 Å². The summed E-state index contributed by atoms with van der Waals surface area (Å²) in [6.45, 7) is 5.16. The highest BCUT2D eigenvalue weighted by molar-refractivity contribution is 5.97. The molecule has 41 heavy (non-hydrogen) atoms. The molecule has 0 radical (unpaired) electrons. The zero-order chi connectivity index (χ0) is 30.3. The lowest BCUT2D eigenvalue weighted by Gasteiger charge is -2.16. The smallest absolute Gasteiger partial charge is 0.328 e. The molecule has 0 aliphatic heterocycles. The summed E-state index contributed by atoms with van der Waals surface area (Å²) in [5, 5.41) is 15.4. The van der Waals surface area contributed by atoms with Crippen LogP contribution in [0, 0.1) is 23.1 Å². The van der Waals surface area contributed by atoms with Gasteiger partial charge in [0.15, 0.2) is 5.65 Å². The quantitative estimate of drug-likeness (QED) is 0.286. The van der Waals surface area contributed by atoms with Gasteiger partial charge in [0.05, 0.1) is 25.2 Å². The van der Waals surface area contributed by atoms with Crippen molar-refractivity contribution in [3.05, 3.63) is 53.0 Å². The lowest BCUT2D eigenvalue weighted by atomic mass is 9.96. The third-order valence-corrected chi connectivity index (χ3v) is 5.66. The normalized spacial score (nSPS) is 11.6. The van der Waals surface area contributed by atoms with Gasteiger partial charge >= 0.3 is 11.9 Å². The van der Waals surface area contributed by atoms with Crippen LogP contribution in [0.2, 0.25) is 0 Å². The number of anilines is 1. The Morgan fingerprint density at radius 3 is 2.39 bits per heavy atom. The summed E-state index contributed by atoms with van der Waals surface area (Å²) in [6, 6.07) is 3.96. The van der Waals surface area contributed by atoms with Crippen LogP contribution in [0.5, 0.6) is 5.88 Å². The third-order valence-electron chi connectivity index (χ3n) is 5.66. The number of hydrogen-bond donors (Lipinski definition) is 3. The van der Waals surface area contributed by atoms with Crippen LogP contribution in [-0.2, 0) is 23.9 Å². The maximum absolute atomic E-state index is 14.8. The number of methoxy groups -OCH3 is 2. The SMILES string of the molecule is COC(=O)CC[C@H](NC(=O)c1ccc(C#Cc2cnc3nc(NC(=O)C(C)(C)C)nc(O)c3c2)cc1F)C(=O)OC. The zero-order valence-electron chi connectivity index (χ0n) is 23.0. The molecule has 0 spiro atoms. The van der Waals surface area contributed by atoms with E-state index in [4.69, 9.17) is 0 Å². The Bertz CT molecular complexity index is 1570. The molecule has 1 atom stereocenters. The van der Waals surface area contributed by atoms with E-state index in [1.54, 1.807) is 20.8 Å². The molecule has 2 amide bonds. The molecule has 1 aromatic carbocycles. The van der Waals surface area contributed by atoms with Crippen molar-refractivity contribution in [3.8, 4) is 17.7 Å². The fourth-order valence-electron chi connectivity index (χ4n) is 3.32. The molecule has 2 heterocycles. The molecule has 13 heteroatoms. The van der Waals surface area contributed by atoms with E-state index in [-0.39, 0.29) is 46.9 Å². The van der Waals surface area contributed by atoms with Gasteiger partial charge in [0.2, 0.25) is 17.7 Å². The van der Waals surface area contributed by atoms with Crippen LogP contribution in [0.15, 0.2) is 30.5 Å². The van der Waals surface area contributed by atoms with Crippen LogP contribution in [0.25, 0.3) is 11.0 Å².